The summed E-state index contributed by atoms with van der Waals surface area (Å²) in [6, 6.07) is 5.88. The fraction of sp³-hybridized carbons (Fsp3) is 0.133. The van der Waals surface area contributed by atoms with E-state index in [-0.39, 0.29) is 11.3 Å². The minimum Gasteiger partial charge on any atom is -0.452 e. The molecule has 1 N–H and O–H groups in total. The molecule has 1 aromatic carbocycles. The maximum absolute atomic E-state index is 12.7. The molecule has 1 amide bonds. The van der Waals surface area contributed by atoms with Crippen molar-refractivity contribution in [3.8, 4) is 0 Å². The monoisotopic (exact) mass is 358 g/mol. The number of pyridine rings is 1. The molecule has 0 bridgehead atoms. The van der Waals surface area contributed by atoms with E-state index in [0.717, 1.165) is 6.07 Å². The Morgan fingerprint density at radius 1 is 1.25 bits per heavy atom. The molecule has 9 heteroatoms. The first kappa shape index (κ1) is 17.7. The molecule has 0 aliphatic heterocycles. The number of nitrogens with zero attached hydrogens (tertiary/aromatic N) is 1. The van der Waals surface area contributed by atoms with Crippen molar-refractivity contribution >= 4 is 29.2 Å². The first-order chi connectivity index (χ1) is 11.3. The van der Waals surface area contributed by atoms with Crippen LogP contribution < -0.4 is 5.32 Å². The van der Waals surface area contributed by atoms with E-state index in [1.165, 1.54) is 30.6 Å². The van der Waals surface area contributed by atoms with Gasteiger partial charge in [-0.05, 0) is 30.3 Å². The number of aromatic nitrogens is 1. The second-order valence-corrected chi connectivity index (χ2v) is 4.97. The zero-order valence-electron chi connectivity index (χ0n) is 11.9. The zero-order valence-corrected chi connectivity index (χ0v) is 12.7. The van der Waals surface area contributed by atoms with Gasteiger partial charge in [-0.2, -0.15) is 13.2 Å². The summed E-state index contributed by atoms with van der Waals surface area (Å²) in [6.07, 6.45) is -1.93. The largest absolute Gasteiger partial charge is 0.452 e. The van der Waals surface area contributed by atoms with E-state index in [2.05, 4.69) is 10.3 Å². The maximum atomic E-state index is 12.7. The van der Waals surface area contributed by atoms with Gasteiger partial charge < -0.3 is 10.1 Å². The molecule has 2 aromatic rings. The summed E-state index contributed by atoms with van der Waals surface area (Å²) in [6.45, 7) is -0.655. The van der Waals surface area contributed by atoms with Crippen LogP contribution in [0.4, 0.5) is 18.9 Å². The van der Waals surface area contributed by atoms with E-state index < -0.39 is 35.2 Å². The van der Waals surface area contributed by atoms with Crippen molar-refractivity contribution in [3.05, 3.63) is 58.9 Å². The number of alkyl halides is 3. The van der Waals surface area contributed by atoms with Crippen molar-refractivity contribution in [2.75, 3.05) is 11.9 Å². The molecular formula is C15H10ClF3N2O3. The molecule has 0 aliphatic rings. The molecule has 126 valence electrons. The van der Waals surface area contributed by atoms with E-state index in [0.29, 0.717) is 6.07 Å². The zero-order chi connectivity index (χ0) is 17.7. The fourth-order valence-electron chi connectivity index (χ4n) is 1.72. The van der Waals surface area contributed by atoms with Gasteiger partial charge in [-0.1, -0.05) is 11.6 Å². The Morgan fingerprint density at radius 2 is 2.00 bits per heavy atom. The number of ether oxygens (including phenoxy) is 1. The van der Waals surface area contributed by atoms with Gasteiger partial charge in [0.25, 0.3) is 5.91 Å². The van der Waals surface area contributed by atoms with Crippen LogP contribution in [-0.4, -0.2) is 23.5 Å². The molecule has 0 unspecified atom stereocenters. The molecule has 1 heterocycles. The summed E-state index contributed by atoms with van der Waals surface area (Å²) < 4.78 is 43.0. The number of nitrogens with one attached hydrogen (secondary N) is 1. The molecule has 0 radical (unpaired) electrons. The normalized spacial score (nSPS) is 11.0. The highest BCUT2D eigenvalue weighted by molar-refractivity contribution is 6.31. The van der Waals surface area contributed by atoms with E-state index >= 15 is 0 Å². The predicted octanol–water partition coefficient (Wildman–Crippen LogP) is 3.55. The Bertz CT molecular complexity index is 751. The minimum absolute atomic E-state index is 0.117. The van der Waals surface area contributed by atoms with Gasteiger partial charge in [0.05, 0.1) is 16.1 Å². The SMILES string of the molecule is O=C(COC(=O)c1cccnc1)Nc1ccc(Cl)c(C(F)(F)F)c1. The molecule has 24 heavy (non-hydrogen) atoms. The number of anilines is 1. The van der Waals surface area contributed by atoms with Crippen LogP contribution in [0.5, 0.6) is 0 Å². The molecule has 0 aliphatic carbocycles. The molecule has 0 saturated heterocycles. The molecule has 1 aromatic heterocycles. The average molecular weight is 359 g/mol. The quantitative estimate of drug-likeness (QED) is 0.849. The highest BCUT2D eigenvalue weighted by Crippen LogP contribution is 2.36. The molecule has 0 saturated carbocycles. The molecule has 5 nitrogen and oxygen atoms in total. The summed E-state index contributed by atoms with van der Waals surface area (Å²) in [5, 5.41) is 1.72. The van der Waals surface area contributed by atoms with Gasteiger partial charge in [0.15, 0.2) is 6.61 Å². The molecule has 2 rings (SSSR count). The number of halogens is 4. The van der Waals surface area contributed by atoms with Crippen molar-refractivity contribution < 1.29 is 27.5 Å². The number of hydrogen-bond acceptors (Lipinski definition) is 4. The Kier molecular flexibility index (Phi) is 5.40. The molecule has 0 spiro atoms. The van der Waals surface area contributed by atoms with Crippen LogP contribution in [0.25, 0.3) is 0 Å². The van der Waals surface area contributed by atoms with Gasteiger partial charge in [0, 0.05) is 18.1 Å². The number of carbonyl (C=O) groups excluding carboxylic acids is 2. The highest BCUT2D eigenvalue weighted by Gasteiger charge is 2.33. The lowest BCUT2D eigenvalue weighted by atomic mass is 10.2. The van der Waals surface area contributed by atoms with Gasteiger partial charge in [-0.15, -0.1) is 0 Å². The van der Waals surface area contributed by atoms with E-state index in [9.17, 15) is 22.8 Å². The molecular weight excluding hydrogens is 349 g/mol. The maximum Gasteiger partial charge on any atom is 0.417 e. The standard InChI is InChI=1S/C15H10ClF3N2O3/c16-12-4-3-10(6-11(12)15(17,18)19)21-13(22)8-24-14(23)9-2-1-5-20-7-9/h1-7H,8H2,(H,21,22). The third-order valence-corrected chi connectivity index (χ3v) is 3.12. The van der Waals surface area contributed by atoms with Crippen LogP contribution >= 0.6 is 11.6 Å². The van der Waals surface area contributed by atoms with Gasteiger partial charge in [0.2, 0.25) is 0 Å². The lowest BCUT2D eigenvalue weighted by Crippen LogP contribution is -2.21. The van der Waals surface area contributed by atoms with E-state index in [1.54, 1.807) is 0 Å². The number of carbonyl (C=O) groups is 2. The van der Waals surface area contributed by atoms with Crippen molar-refractivity contribution in [1.82, 2.24) is 4.98 Å². The van der Waals surface area contributed by atoms with Crippen LogP contribution in [0.2, 0.25) is 5.02 Å². The summed E-state index contributed by atoms with van der Waals surface area (Å²) in [5.74, 6) is -1.56. The molecule has 0 atom stereocenters. The number of rotatable bonds is 4. The van der Waals surface area contributed by atoms with Gasteiger partial charge >= 0.3 is 12.1 Å². The van der Waals surface area contributed by atoms with Gasteiger partial charge in [0.1, 0.15) is 0 Å². The van der Waals surface area contributed by atoms with Crippen molar-refractivity contribution in [2.45, 2.75) is 6.18 Å². The Labute approximate surface area is 139 Å². The van der Waals surface area contributed by atoms with Crippen molar-refractivity contribution in [3.63, 3.8) is 0 Å². The van der Waals surface area contributed by atoms with Crippen molar-refractivity contribution in [2.24, 2.45) is 0 Å². The number of benzene rings is 1. The second kappa shape index (κ2) is 7.31. The van der Waals surface area contributed by atoms with Crippen LogP contribution in [0.15, 0.2) is 42.7 Å². The summed E-state index contributed by atoms with van der Waals surface area (Å²) in [4.78, 5) is 27.0. The fourth-order valence-corrected chi connectivity index (χ4v) is 1.94. The summed E-state index contributed by atoms with van der Waals surface area (Å²) >= 11 is 5.48. The van der Waals surface area contributed by atoms with Crippen LogP contribution in [0, 0.1) is 0 Å². The Morgan fingerprint density at radius 3 is 2.62 bits per heavy atom. The summed E-state index contributed by atoms with van der Waals surface area (Å²) in [5.41, 5.74) is -1.04. The van der Waals surface area contributed by atoms with Crippen LogP contribution in [0.3, 0.4) is 0 Å². The molecule has 0 fully saturated rings. The Balaban J connectivity index is 1.97. The third kappa shape index (κ3) is 4.69. The van der Waals surface area contributed by atoms with Crippen LogP contribution in [0.1, 0.15) is 15.9 Å². The topological polar surface area (TPSA) is 68.3 Å². The van der Waals surface area contributed by atoms with E-state index in [1.807, 2.05) is 0 Å². The minimum atomic E-state index is -4.65. The summed E-state index contributed by atoms with van der Waals surface area (Å²) in [7, 11) is 0. The number of hydrogen-bond donors (Lipinski definition) is 1. The van der Waals surface area contributed by atoms with Crippen molar-refractivity contribution in [1.29, 1.82) is 0 Å². The predicted molar refractivity (Wildman–Crippen MR) is 79.6 cm³/mol. The van der Waals surface area contributed by atoms with Crippen LogP contribution in [-0.2, 0) is 15.7 Å². The highest BCUT2D eigenvalue weighted by atomic mass is 35.5. The van der Waals surface area contributed by atoms with E-state index in [4.69, 9.17) is 16.3 Å². The first-order valence-electron chi connectivity index (χ1n) is 6.51. The smallest absolute Gasteiger partial charge is 0.417 e. The lowest BCUT2D eigenvalue weighted by Gasteiger charge is -2.12. The number of esters is 1. The third-order valence-electron chi connectivity index (χ3n) is 2.79. The van der Waals surface area contributed by atoms with Gasteiger partial charge in [-0.3, -0.25) is 9.78 Å². The number of amides is 1. The Hall–Kier alpha value is -2.61. The van der Waals surface area contributed by atoms with Gasteiger partial charge in [-0.25, -0.2) is 4.79 Å². The lowest BCUT2D eigenvalue weighted by molar-refractivity contribution is -0.137. The average Bonchev–Trinajstić information content (AvgIpc) is 2.54. The first-order valence-corrected chi connectivity index (χ1v) is 6.89. The second-order valence-electron chi connectivity index (χ2n) is 4.56.